The second-order valence-corrected chi connectivity index (χ2v) is 4.64. The number of benzene rings is 1. The van der Waals surface area contributed by atoms with Crippen molar-refractivity contribution < 1.29 is 4.79 Å². The molecule has 0 heterocycles. The molecule has 2 nitrogen and oxygen atoms in total. The Hall–Kier alpha value is -0.830. The molecule has 0 aliphatic carbocycles. The van der Waals surface area contributed by atoms with Crippen LogP contribution in [-0.2, 0) is 0 Å². The van der Waals surface area contributed by atoms with Crippen molar-refractivity contribution in [1.29, 1.82) is 0 Å². The number of carbonyl (C=O) groups excluding carboxylic acids is 1. The molecule has 2 N–H and O–H groups in total. The minimum atomic E-state index is 0.0884. The first-order valence-corrected chi connectivity index (χ1v) is 5.94. The molecule has 0 fully saturated rings. The van der Waals surface area contributed by atoms with Crippen LogP contribution in [0.2, 0.25) is 0 Å². The van der Waals surface area contributed by atoms with E-state index in [4.69, 9.17) is 5.73 Å². The molecule has 3 heteroatoms. The van der Waals surface area contributed by atoms with Crippen molar-refractivity contribution in [2.45, 2.75) is 26.7 Å². The zero-order chi connectivity index (χ0) is 11.4. The second kappa shape index (κ2) is 5.31. The fourth-order valence-corrected chi connectivity index (χ4v) is 1.91. The van der Waals surface area contributed by atoms with Crippen LogP contribution in [0.4, 0.5) is 5.69 Å². The van der Waals surface area contributed by atoms with E-state index in [2.05, 4.69) is 22.9 Å². The van der Waals surface area contributed by atoms with Gasteiger partial charge < -0.3 is 5.73 Å². The number of carbonyl (C=O) groups is 1. The minimum absolute atomic E-state index is 0.0884. The van der Waals surface area contributed by atoms with Gasteiger partial charge in [-0.25, -0.2) is 0 Å². The minimum Gasteiger partial charge on any atom is -0.398 e. The zero-order valence-corrected chi connectivity index (χ0v) is 10.7. The van der Waals surface area contributed by atoms with Gasteiger partial charge in [0.25, 0.3) is 0 Å². The molecule has 0 amide bonds. The van der Waals surface area contributed by atoms with Crippen LogP contribution in [0.3, 0.4) is 0 Å². The first-order valence-electron chi connectivity index (χ1n) is 5.15. The van der Waals surface area contributed by atoms with Crippen LogP contribution >= 0.6 is 15.9 Å². The molecule has 0 aromatic heterocycles. The molecule has 0 spiro atoms. The molecule has 82 valence electrons. The molecular formula is C12H16BrNO. The van der Waals surface area contributed by atoms with Gasteiger partial charge in [0.2, 0.25) is 0 Å². The van der Waals surface area contributed by atoms with Gasteiger partial charge in [-0.15, -0.1) is 0 Å². The maximum atomic E-state index is 11.9. The lowest BCUT2D eigenvalue weighted by molar-refractivity contribution is 0.0923. The molecule has 0 aliphatic heterocycles. The summed E-state index contributed by atoms with van der Waals surface area (Å²) < 4.78 is 0.789. The van der Waals surface area contributed by atoms with Crippen LogP contribution in [0.25, 0.3) is 0 Å². The number of rotatable bonds is 4. The standard InChI is InChI=1S/C12H16BrNO/c1-3-4-8(2)12(15)9-5-6-11(14)10(13)7-9/h5-8H,3-4,14H2,1-2H3. The summed E-state index contributed by atoms with van der Waals surface area (Å²) in [4.78, 5) is 11.9. The van der Waals surface area contributed by atoms with E-state index in [0.717, 1.165) is 22.9 Å². The molecule has 1 unspecified atom stereocenters. The number of Topliss-reactive ketones (excluding diaryl/α,β-unsaturated/α-hetero) is 1. The third-order valence-corrected chi connectivity index (χ3v) is 3.14. The predicted octanol–water partition coefficient (Wildman–Crippen LogP) is 3.65. The van der Waals surface area contributed by atoms with Crippen molar-refractivity contribution in [3.63, 3.8) is 0 Å². The van der Waals surface area contributed by atoms with Gasteiger partial charge in [0, 0.05) is 21.6 Å². The van der Waals surface area contributed by atoms with E-state index in [0.29, 0.717) is 5.69 Å². The van der Waals surface area contributed by atoms with Gasteiger partial charge in [-0.1, -0.05) is 20.3 Å². The molecule has 0 bridgehead atoms. The van der Waals surface area contributed by atoms with E-state index >= 15 is 0 Å². The first kappa shape index (κ1) is 12.2. The van der Waals surface area contributed by atoms with Gasteiger partial charge in [-0.2, -0.15) is 0 Å². The van der Waals surface area contributed by atoms with Crippen LogP contribution in [0, 0.1) is 5.92 Å². The third-order valence-electron chi connectivity index (χ3n) is 2.45. The molecule has 0 radical (unpaired) electrons. The molecule has 0 aliphatic rings. The molecular weight excluding hydrogens is 254 g/mol. The van der Waals surface area contributed by atoms with Crippen molar-refractivity contribution in [3.8, 4) is 0 Å². The van der Waals surface area contributed by atoms with Crippen LogP contribution < -0.4 is 5.73 Å². The SMILES string of the molecule is CCCC(C)C(=O)c1ccc(N)c(Br)c1. The van der Waals surface area contributed by atoms with E-state index in [1.54, 1.807) is 18.2 Å². The first-order chi connectivity index (χ1) is 7.06. The highest BCUT2D eigenvalue weighted by molar-refractivity contribution is 9.10. The molecule has 0 saturated carbocycles. The highest BCUT2D eigenvalue weighted by atomic mass is 79.9. The molecule has 1 aromatic carbocycles. The summed E-state index contributed by atoms with van der Waals surface area (Å²) in [5, 5.41) is 0. The Morgan fingerprint density at radius 3 is 2.73 bits per heavy atom. The van der Waals surface area contributed by atoms with Crippen molar-refractivity contribution in [2.24, 2.45) is 5.92 Å². The fourth-order valence-electron chi connectivity index (χ4n) is 1.53. The zero-order valence-electron chi connectivity index (χ0n) is 9.09. The van der Waals surface area contributed by atoms with E-state index in [1.165, 1.54) is 0 Å². The van der Waals surface area contributed by atoms with E-state index < -0.39 is 0 Å². The van der Waals surface area contributed by atoms with Gasteiger partial charge in [-0.3, -0.25) is 4.79 Å². The van der Waals surface area contributed by atoms with Crippen molar-refractivity contribution in [1.82, 2.24) is 0 Å². The Labute approximate surface area is 99.0 Å². The summed E-state index contributed by atoms with van der Waals surface area (Å²) >= 11 is 3.33. The molecule has 1 atom stereocenters. The van der Waals surface area contributed by atoms with Gasteiger partial charge >= 0.3 is 0 Å². The maximum absolute atomic E-state index is 11.9. The number of hydrogen-bond donors (Lipinski definition) is 1. The average Bonchev–Trinajstić information content (AvgIpc) is 2.21. The molecule has 15 heavy (non-hydrogen) atoms. The van der Waals surface area contributed by atoms with Crippen LogP contribution in [-0.4, -0.2) is 5.78 Å². The van der Waals surface area contributed by atoms with Crippen LogP contribution in [0.1, 0.15) is 37.0 Å². The predicted molar refractivity (Wildman–Crippen MR) is 67.0 cm³/mol. The summed E-state index contributed by atoms with van der Waals surface area (Å²) in [5.41, 5.74) is 7.06. The van der Waals surface area contributed by atoms with Gasteiger partial charge in [0.05, 0.1) is 0 Å². The van der Waals surface area contributed by atoms with Crippen molar-refractivity contribution in [3.05, 3.63) is 28.2 Å². The third kappa shape index (κ3) is 3.06. The molecule has 0 saturated heterocycles. The fraction of sp³-hybridized carbons (Fsp3) is 0.417. The second-order valence-electron chi connectivity index (χ2n) is 3.79. The lowest BCUT2D eigenvalue weighted by atomic mass is 9.95. The number of nitrogens with two attached hydrogens (primary N) is 1. The van der Waals surface area contributed by atoms with Gasteiger partial charge in [0.1, 0.15) is 0 Å². The maximum Gasteiger partial charge on any atom is 0.165 e. The summed E-state index contributed by atoms with van der Waals surface area (Å²) in [6.45, 7) is 4.05. The highest BCUT2D eigenvalue weighted by Gasteiger charge is 2.14. The lowest BCUT2D eigenvalue weighted by Gasteiger charge is -2.09. The summed E-state index contributed by atoms with van der Waals surface area (Å²) in [7, 11) is 0. The molecule has 1 rings (SSSR count). The number of anilines is 1. The van der Waals surface area contributed by atoms with E-state index in [1.807, 2.05) is 6.92 Å². The van der Waals surface area contributed by atoms with Gasteiger partial charge in [-0.05, 0) is 40.5 Å². The number of halogens is 1. The van der Waals surface area contributed by atoms with Crippen molar-refractivity contribution in [2.75, 3.05) is 5.73 Å². The average molecular weight is 270 g/mol. The Bertz CT molecular complexity index is 363. The number of ketones is 1. The Morgan fingerprint density at radius 1 is 1.53 bits per heavy atom. The van der Waals surface area contributed by atoms with Crippen LogP contribution in [0.5, 0.6) is 0 Å². The number of hydrogen-bond acceptors (Lipinski definition) is 2. The number of nitrogen functional groups attached to an aromatic ring is 1. The quantitative estimate of drug-likeness (QED) is 0.670. The Kier molecular flexibility index (Phi) is 4.33. The van der Waals surface area contributed by atoms with Gasteiger partial charge in [0.15, 0.2) is 5.78 Å². The van der Waals surface area contributed by atoms with E-state index in [9.17, 15) is 4.79 Å². The molecule has 1 aromatic rings. The van der Waals surface area contributed by atoms with Crippen LogP contribution in [0.15, 0.2) is 22.7 Å². The normalized spacial score (nSPS) is 12.5. The summed E-state index contributed by atoms with van der Waals surface area (Å²) in [5.74, 6) is 0.281. The lowest BCUT2D eigenvalue weighted by Crippen LogP contribution is -2.11. The Balaban J connectivity index is 2.87. The largest absolute Gasteiger partial charge is 0.398 e. The highest BCUT2D eigenvalue weighted by Crippen LogP contribution is 2.23. The summed E-state index contributed by atoms with van der Waals surface area (Å²) in [6.07, 6.45) is 1.96. The Morgan fingerprint density at radius 2 is 2.20 bits per heavy atom. The summed E-state index contributed by atoms with van der Waals surface area (Å²) in [6, 6.07) is 5.34. The topological polar surface area (TPSA) is 43.1 Å². The smallest absolute Gasteiger partial charge is 0.165 e. The van der Waals surface area contributed by atoms with E-state index in [-0.39, 0.29) is 11.7 Å². The monoisotopic (exact) mass is 269 g/mol. The van der Waals surface area contributed by atoms with Crippen molar-refractivity contribution >= 4 is 27.4 Å².